The van der Waals surface area contributed by atoms with Crippen LogP contribution < -0.4 is 15.4 Å². The standard InChI is InChI=1S/C30H27FN8O2/c1-30(2,3)27-17-28(39(37-27)20-7-5-19(18-32)6-8-20)36-29(40)35-24-10-9-21(15-23(24)31)41-22-11-13-33-25(16-22)26-12-14-34-38(26)4/h5-17H,1-4H3,(H2,35,36,40). The molecule has 41 heavy (non-hydrogen) atoms. The molecule has 0 aliphatic carbocycles. The van der Waals surface area contributed by atoms with Crippen LogP contribution in [-0.4, -0.2) is 30.6 Å². The summed E-state index contributed by atoms with van der Waals surface area (Å²) in [5.74, 6) is 0.443. The maximum absolute atomic E-state index is 15.0. The van der Waals surface area contributed by atoms with Crippen molar-refractivity contribution in [2.45, 2.75) is 26.2 Å². The van der Waals surface area contributed by atoms with E-state index in [-0.39, 0.29) is 16.9 Å². The van der Waals surface area contributed by atoms with E-state index in [9.17, 15) is 9.18 Å². The maximum atomic E-state index is 15.0. The Morgan fingerprint density at radius 1 is 0.976 bits per heavy atom. The first-order valence-corrected chi connectivity index (χ1v) is 12.7. The van der Waals surface area contributed by atoms with Crippen LogP contribution in [0, 0.1) is 17.1 Å². The number of carbonyl (C=O) groups excluding carboxylic acids is 1. The Bertz CT molecular complexity index is 1760. The molecule has 0 aliphatic rings. The topological polar surface area (TPSA) is 123 Å². The summed E-state index contributed by atoms with van der Waals surface area (Å²) < 4.78 is 24.1. The Kier molecular flexibility index (Phi) is 7.22. The number of urea groups is 1. The highest BCUT2D eigenvalue weighted by Gasteiger charge is 2.22. The number of hydrogen-bond acceptors (Lipinski definition) is 6. The third-order valence-electron chi connectivity index (χ3n) is 6.20. The maximum Gasteiger partial charge on any atom is 0.324 e. The Hall–Kier alpha value is -5.50. The highest BCUT2D eigenvalue weighted by atomic mass is 19.1. The lowest BCUT2D eigenvalue weighted by Crippen LogP contribution is -2.22. The van der Waals surface area contributed by atoms with Gasteiger partial charge in [0.05, 0.1) is 40.1 Å². The van der Waals surface area contributed by atoms with E-state index in [4.69, 9.17) is 10.00 Å². The van der Waals surface area contributed by atoms with Crippen molar-refractivity contribution in [3.05, 3.63) is 96.2 Å². The van der Waals surface area contributed by atoms with E-state index in [2.05, 4.69) is 31.9 Å². The van der Waals surface area contributed by atoms with Gasteiger partial charge in [-0.1, -0.05) is 20.8 Å². The first kappa shape index (κ1) is 27.1. The average molecular weight is 551 g/mol. The van der Waals surface area contributed by atoms with Crippen LogP contribution in [0.15, 0.2) is 79.1 Å². The fraction of sp³-hybridized carbons (Fsp3) is 0.167. The van der Waals surface area contributed by atoms with Crippen molar-refractivity contribution in [1.29, 1.82) is 5.26 Å². The third kappa shape index (κ3) is 6.07. The highest BCUT2D eigenvalue weighted by molar-refractivity contribution is 5.99. The van der Waals surface area contributed by atoms with Crippen LogP contribution in [0.3, 0.4) is 0 Å². The first-order valence-electron chi connectivity index (χ1n) is 12.7. The zero-order valence-corrected chi connectivity index (χ0v) is 22.9. The molecule has 3 heterocycles. The lowest BCUT2D eigenvalue weighted by molar-refractivity contribution is 0.262. The fourth-order valence-corrected chi connectivity index (χ4v) is 4.02. The van der Waals surface area contributed by atoms with E-state index in [1.807, 2.05) is 33.9 Å². The summed E-state index contributed by atoms with van der Waals surface area (Å²) in [5, 5.41) is 23.2. The molecule has 0 fully saturated rings. The molecule has 206 valence electrons. The van der Waals surface area contributed by atoms with Gasteiger partial charge in [-0.25, -0.2) is 13.9 Å². The fourth-order valence-electron chi connectivity index (χ4n) is 4.02. The van der Waals surface area contributed by atoms with Crippen molar-refractivity contribution in [2.24, 2.45) is 7.05 Å². The Morgan fingerprint density at radius 2 is 1.73 bits per heavy atom. The molecule has 2 aromatic carbocycles. The predicted molar refractivity (Wildman–Crippen MR) is 153 cm³/mol. The van der Waals surface area contributed by atoms with Gasteiger partial charge in [0.1, 0.15) is 23.1 Å². The second kappa shape index (κ2) is 10.9. The molecular formula is C30H27FN8O2. The largest absolute Gasteiger partial charge is 0.457 e. The number of nitrogens with one attached hydrogen (secondary N) is 2. The SMILES string of the molecule is Cn1nccc1-c1cc(Oc2ccc(NC(=O)Nc3cc(C(C)(C)C)nn3-c3ccc(C#N)cc3)c(F)c2)ccn1. The van der Waals surface area contributed by atoms with E-state index in [1.165, 1.54) is 12.1 Å². The Morgan fingerprint density at radius 3 is 2.39 bits per heavy atom. The minimum atomic E-state index is -0.672. The number of hydrogen-bond donors (Lipinski definition) is 2. The molecule has 2 amide bonds. The summed E-state index contributed by atoms with van der Waals surface area (Å²) in [5.41, 5.74) is 3.05. The molecule has 3 aromatic heterocycles. The van der Waals surface area contributed by atoms with E-state index in [1.54, 1.807) is 70.3 Å². The molecule has 2 N–H and O–H groups in total. The molecule has 0 aliphatic heterocycles. The Balaban J connectivity index is 1.31. The molecule has 5 rings (SSSR count). The number of ether oxygens (including phenoxy) is 1. The summed E-state index contributed by atoms with van der Waals surface area (Å²) in [6.45, 7) is 6.02. The zero-order chi connectivity index (χ0) is 29.1. The van der Waals surface area contributed by atoms with Crippen molar-refractivity contribution in [1.82, 2.24) is 24.5 Å². The number of benzene rings is 2. The van der Waals surface area contributed by atoms with Crippen LogP contribution in [0.4, 0.5) is 20.7 Å². The number of aryl methyl sites for hydroxylation is 1. The predicted octanol–water partition coefficient (Wildman–Crippen LogP) is 6.41. The summed E-state index contributed by atoms with van der Waals surface area (Å²) in [7, 11) is 1.81. The number of carbonyl (C=O) groups is 1. The van der Waals surface area contributed by atoms with Crippen molar-refractivity contribution < 1.29 is 13.9 Å². The van der Waals surface area contributed by atoms with Crippen molar-refractivity contribution >= 4 is 17.5 Å². The lowest BCUT2D eigenvalue weighted by Gasteiger charge is -2.14. The van der Waals surface area contributed by atoms with Gasteiger partial charge in [0.2, 0.25) is 0 Å². The molecule has 0 saturated carbocycles. The van der Waals surface area contributed by atoms with Crippen LogP contribution in [0.2, 0.25) is 0 Å². The minimum Gasteiger partial charge on any atom is -0.457 e. The van der Waals surface area contributed by atoms with E-state index < -0.39 is 11.8 Å². The van der Waals surface area contributed by atoms with Crippen LogP contribution in [0.5, 0.6) is 11.5 Å². The van der Waals surface area contributed by atoms with Gasteiger partial charge in [0.25, 0.3) is 0 Å². The molecule has 11 heteroatoms. The van der Waals surface area contributed by atoms with Crippen LogP contribution in [0.25, 0.3) is 17.1 Å². The molecule has 0 bridgehead atoms. The molecule has 5 aromatic rings. The second-order valence-electron chi connectivity index (χ2n) is 10.3. The number of anilines is 2. The van der Waals surface area contributed by atoms with Gasteiger partial charge in [-0.3, -0.25) is 15.0 Å². The summed E-state index contributed by atoms with van der Waals surface area (Å²) >= 11 is 0. The van der Waals surface area contributed by atoms with E-state index in [0.717, 1.165) is 11.4 Å². The molecule has 0 radical (unpaired) electrons. The quantitative estimate of drug-likeness (QED) is 0.252. The monoisotopic (exact) mass is 550 g/mol. The molecule has 0 saturated heterocycles. The van der Waals surface area contributed by atoms with Gasteiger partial charge >= 0.3 is 6.03 Å². The minimum absolute atomic E-state index is 0.0272. The Labute approximate surface area is 236 Å². The number of pyridine rings is 1. The molecule has 0 unspecified atom stereocenters. The number of amides is 2. The van der Waals surface area contributed by atoms with Gasteiger partial charge < -0.3 is 10.1 Å². The number of aromatic nitrogens is 5. The van der Waals surface area contributed by atoms with Crippen LogP contribution in [-0.2, 0) is 12.5 Å². The number of rotatable bonds is 6. The second-order valence-corrected chi connectivity index (χ2v) is 10.3. The van der Waals surface area contributed by atoms with Gasteiger partial charge in [0.15, 0.2) is 0 Å². The van der Waals surface area contributed by atoms with E-state index >= 15 is 0 Å². The van der Waals surface area contributed by atoms with Gasteiger partial charge in [-0.2, -0.15) is 15.5 Å². The van der Waals surface area contributed by atoms with Crippen molar-refractivity contribution in [3.63, 3.8) is 0 Å². The number of nitriles is 1. The summed E-state index contributed by atoms with van der Waals surface area (Å²) in [4.78, 5) is 17.3. The first-order chi connectivity index (χ1) is 19.6. The van der Waals surface area contributed by atoms with Gasteiger partial charge in [-0.05, 0) is 48.5 Å². The zero-order valence-electron chi connectivity index (χ0n) is 22.9. The summed E-state index contributed by atoms with van der Waals surface area (Å²) in [6, 6.07) is 19.4. The van der Waals surface area contributed by atoms with E-state index in [0.29, 0.717) is 28.5 Å². The van der Waals surface area contributed by atoms with Crippen LogP contribution in [0.1, 0.15) is 32.0 Å². The normalized spacial score (nSPS) is 11.1. The lowest BCUT2D eigenvalue weighted by atomic mass is 9.92. The number of halogens is 1. The molecule has 10 nitrogen and oxygen atoms in total. The smallest absolute Gasteiger partial charge is 0.324 e. The summed E-state index contributed by atoms with van der Waals surface area (Å²) in [6.07, 6.45) is 3.27. The molecule has 0 atom stereocenters. The average Bonchev–Trinajstić information content (AvgIpc) is 3.57. The molecule has 0 spiro atoms. The third-order valence-corrected chi connectivity index (χ3v) is 6.20. The number of nitrogens with zero attached hydrogens (tertiary/aromatic N) is 6. The van der Waals surface area contributed by atoms with Gasteiger partial charge in [-0.15, -0.1) is 0 Å². The van der Waals surface area contributed by atoms with Crippen molar-refractivity contribution in [2.75, 3.05) is 10.6 Å². The van der Waals surface area contributed by atoms with Crippen LogP contribution >= 0.6 is 0 Å². The highest BCUT2D eigenvalue weighted by Crippen LogP contribution is 2.29. The van der Waals surface area contributed by atoms with Gasteiger partial charge in [0, 0.05) is 43.1 Å². The molecular weight excluding hydrogens is 523 g/mol. The van der Waals surface area contributed by atoms with Crippen molar-refractivity contribution in [3.8, 4) is 34.6 Å².